The van der Waals surface area contributed by atoms with Crippen LogP contribution in [0.15, 0.2) is 84.9 Å². The van der Waals surface area contributed by atoms with Crippen molar-refractivity contribution >= 4 is 22.4 Å². The average Bonchev–Trinajstić information content (AvgIpc) is 3.25. The number of carbonyl (C=O) groups is 1. The molecule has 1 heterocycles. The summed E-state index contributed by atoms with van der Waals surface area (Å²) in [6, 6.07) is 25.5. The van der Waals surface area contributed by atoms with Gasteiger partial charge in [0.2, 0.25) is 5.82 Å². The molecule has 0 fully saturated rings. The first-order chi connectivity index (χ1) is 16.0. The van der Waals surface area contributed by atoms with Crippen molar-refractivity contribution < 1.29 is 9.18 Å². The van der Waals surface area contributed by atoms with Crippen LogP contribution in [0, 0.1) is 19.7 Å². The zero-order chi connectivity index (χ0) is 22.9. The minimum atomic E-state index is -0.418. The van der Waals surface area contributed by atoms with Crippen molar-refractivity contribution in [3.05, 3.63) is 108 Å². The maximum Gasteiger partial charge on any atom is 0.295 e. The van der Waals surface area contributed by atoms with Crippen LogP contribution < -0.4 is 5.32 Å². The molecule has 0 radical (unpaired) electrons. The highest BCUT2D eigenvalue weighted by Crippen LogP contribution is 2.26. The van der Waals surface area contributed by atoms with Crippen LogP contribution in [0.4, 0.5) is 10.1 Å². The summed E-state index contributed by atoms with van der Waals surface area (Å²) in [5.41, 5.74) is 4.26. The minimum Gasteiger partial charge on any atom is -0.319 e. The molecule has 5 rings (SSSR count). The van der Waals surface area contributed by atoms with Gasteiger partial charge in [0, 0.05) is 16.6 Å². The number of halogens is 1. The van der Waals surface area contributed by atoms with Gasteiger partial charge in [-0.1, -0.05) is 54.1 Å². The number of benzene rings is 4. The highest BCUT2D eigenvalue weighted by molar-refractivity contribution is 6.07. The number of anilines is 1. The molecule has 5 aromatic rings. The summed E-state index contributed by atoms with van der Waals surface area (Å²) >= 11 is 0. The summed E-state index contributed by atoms with van der Waals surface area (Å²) < 4.78 is 15.2. The Morgan fingerprint density at radius 2 is 1.67 bits per heavy atom. The van der Waals surface area contributed by atoms with Gasteiger partial charge in [-0.2, -0.15) is 0 Å². The van der Waals surface area contributed by atoms with Gasteiger partial charge in [0.15, 0.2) is 5.82 Å². The lowest BCUT2D eigenvalue weighted by Gasteiger charge is -2.10. The Bertz CT molecular complexity index is 1480. The van der Waals surface area contributed by atoms with Gasteiger partial charge in [0.05, 0.1) is 5.69 Å². The van der Waals surface area contributed by atoms with E-state index >= 15 is 0 Å². The lowest BCUT2D eigenvalue weighted by molar-refractivity contribution is 0.101. The Kier molecular flexibility index (Phi) is 5.18. The lowest BCUT2D eigenvalue weighted by Crippen LogP contribution is -2.14. The van der Waals surface area contributed by atoms with Gasteiger partial charge in [-0.05, 0) is 61.2 Å². The molecule has 1 aromatic heterocycles. The lowest BCUT2D eigenvalue weighted by atomic mass is 10.1. The van der Waals surface area contributed by atoms with E-state index in [9.17, 15) is 9.18 Å². The monoisotopic (exact) mass is 436 g/mol. The Labute approximate surface area is 190 Å². The van der Waals surface area contributed by atoms with E-state index in [2.05, 4.69) is 15.4 Å². The predicted octanol–water partition coefficient (Wildman–Crippen LogP) is 6.10. The van der Waals surface area contributed by atoms with Crippen molar-refractivity contribution in [2.75, 3.05) is 5.32 Å². The molecule has 1 amide bonds. The summed E-state index contributed by atoms with van der Waals surface area (Å²) in [5, 5.41) is 9.44. The molecule has 0 aliphatic heterocycles. The fraction of sp³-hybridized carbons (Fsp3) is 0.0741. The van der Waals surface area contributed by atoms with Crippen LogP contribution in [0.25, 0.3) is 27.8 Å². The molecule has 0 atom stereocenters. The van der Waals surface area contributed by atoms with Crippen molar-refractivity contribution in [1.82, 2.24) is 14.8 Å². The number of amides is 1. The number of nitrogens with one attached hydrogen (secondary N) is 1. The van der Waals surface area contributed by atoms with Gasteiger partial charge in [-0.25, -0.2) is 14.1 Å². The third-order valence-corrected chi connectivity index (χ3v) is 5.53. The summed E-state index contributed by atoms with van der Waals surface area (Å²) in [6.07, 6.45) is 0. The summed E-state index contributed by atoms with van der Waals surface area (Å²) in [4.78, 5) is 17.7. The molecule has 0 spiro atoms. The van der Waals surface area contributed by atoms with Crippen LogP contribution >= 0.6 is 0 Å². The molecule has 0 aliphatic rings. The van der Waals surface area contributed by atoms with E-state index in [4.69, 9.17) is 0 Å². The average molecular weight is 436 g/mol. The molecule has 33 heavy (non-hydrogen) atoms. The maximum absolute atomic E-state index is 13.5. The van der Waals surface area contributed by atoms with Gasteiger partial charge in [-0.15, -0.1) is 5.10 Å². The fourth-order valence-electron chi connectivity index (χ4n) is 3.92. The van der Waals surface area contributed by atoms with Gasteiger partial charge in [-0.3, -0.25) is 4.79 Å². The van der Waals surface area contributed by atoms with E-state index in [1.807, 2.05) is 74.5 Å². The Balaban J connectivity index is 1.59. The normalized spacial score (nSPS) is 11.0. The third kappa shape index (κ3) is 3.99. The van der Waals surface area contributed by atoms with Crippen LogP contribution in [-0.4, -0.2) is 20.7 Å². The van der Waals surface area contributed by atoms with Crippen LogP contribution in [-0.2, 0) is 0 Å². The topological polar surface area (TPSA) is 59.8 Å². The van der Waals surface area contributed by atoms with Crippen molar-refractivity contribution in [1.29, 1.82) is 0 Å². The van der Waals surface area contributed by atoms with Crippen molar-refractivity contribution in [2.45, 2.75) is 13.8 Å². The number of rotatable bonds is 4. The van der Waals surface area contributed by atoms with Gasteiger partial charge in [0.1, 0.15) is 5.82 Å². The van der Waals surface area contributed by atoms with Gasteiger partial charge >= 0.3 is 0 Å². The first-order valence-electron chi connectivity index (χ1n) is 10.6. The zero-order valence-electron chi connectivity index (χ0n) is 18.2. The number of hydrogen-bond acceptors (Lipinski definition) is 3. The van der Waals surface area contributed by atoms with Crippen molar-refractivity contribution in [3.63, 3.8) is 0 Å². The van der Waals surface area contributed by atoms with Crippen LogP contribution in [0.2, 0.25) is 0 Å². The molecular weight excluding hydrogens is 415 g/mol. The van der Waals surface area contributed by atoms with Crippen LogP contribution in [0.5, 0.6) is 0 Å². The molecule has 1 N–H and O–H groups in total. The molecular formula is C27H21FN4O. The minimum absolute atomic E-state index is 0.0298. The highest BCUT2D eigenvalue weighted by Gasteiger charge is 2.20. The number of hydrogen-bond donors (Lipinski definition) is 1. The van der Waals surface area contributed by atoms with Crippen LogP contribution in [0.3, 0.4) is 0 Å². The number of carbonyl (C=O) groups excluding carboxylic acids is 1. The Morgan fingerprint density at radius 3 is 2.45 bits per heavy atom. The summed E-state index contributed by atoms with van der Waals surface area (Å²) in [6.45, 7) is 4.00. The van der Waals surface area contributed by atoms with Gasteiger partial charge in [0.25, 0.3) is 5.91 Å². The van der Waals surface area contributed by atoms with Crippen molar-refractivity contribution in [2.24, 2.45) is 0 Å². The second-order valence-corrected chi connectivity index (χ2v) is 7.95. The second kappa shape index (κ2) is 8.31. The number of aryl methyl sites for hydroxylation is 2. The third-order valence-electron chi connectivity index (χ3n) is 5.53. The fourth-order valence-corrected chi connectivity index (χ4v) is 3.92. The molecule has 0 aliphatic carbocycles. The standard InChI is InChI=1S/C27H21FN4O/c1-17-10-15-24(18(2)16-17)32-26(20-11-13-21(28)14-12-20)30-25(31-32)27(33)29-23-9-5-7-19-6-3-4-8-22(19)23/h3-16H,1-2H3,(H,29,33). The van der Waals surface area contributed by atoms with E-state index in [0.717, 1.165) is 27.6 Å². The number of nitrogens with zero attached hydrogens (tertiary/aromatic N) is 3. The Morgan fingerprint density at radius 1 is 0.909 bits per heavy atom. The SMILES string of the molecule is Cc1ccc(-n2nc(C(=O)Nc3cccc4ccccc34)nc2-c2ccc(F)cc2)c(C)c1. The molecule has 0 bridgehead atoms. The predicted molar refractivity (Wildman–Crippen MR) is 128 cm³/mol. The molecule has 5 nitrogen and oxygen atoms in total. The van der Waals surface area contributed by atoms with Crippen LogP contribution in [0.1, 0.15) is 21.7 Å². The van der Waals surface area contributed by atoms with E-state index in [1.165, 1.54) is 12.1 Å². The second-order valence-electron chi connectivity index (χ2n) is 7.95. The molecule has 0 unspecified atom stereocenters. The van der Waals surface area contributed by atoms with Gasteiger partial charge < -0.3 is 5.32 Å². The Hall–Kier alpha value is -4.32. The summed E-state index contributed by atoms with van der Waals surface area (Å²) in [5.74, 6) is -0.268. The highest BCUT2D eigenvalue weighted by atomic mass is 19.1. The van der Waals surface area contributed by atoms with E-state index < -0.39 is 5.91 Å². The number of aromatic nitrogens is 3. The summed E-state index contributed by atoms with van der Waals surface area (Å²) in [7, 11) is 0. The molecule has 6 heteroatoms. The maximum atomic E-state index is 13.5. The quantitative estimate of drug-likeness (QED) is 0.371. The molecule has 0 saturated carbocycles. The molecule has 0 saturated heterocycles. The van der Waals surface area contributed by atoms with E-state index in [-0.39, 0.29) is 11.6 Å². The largest absolute Gasteiger partial charge is 0.319 e. The van der Waals surface area contributed by atoms with Crippen molar-refractivity contribution in [3.8, 4) is 17.1 Å². The zero-order valence-corrected chi connectivity index (χ0v) is 18.2. The van der Waals surface area contributed by atoms with E-state index in [0.29, 0.717) is 17.1 Å². The first kappa shape index (κ1) is 20.6. The van der Waals surface area contributed by atoms with E-state index in [1.54, 1.807) is 16.8 Å². The molecule has 162 valence electrons. The molecule has 4 aromatic carbocycles. The first-order valence-corrected chi connectivity index (χ1v) is 10.6. The number of fused-ring (bicyclic) bond motifs is 1. The smallest absolute Gasteiger partial charge is 0.295 e.